The van der Waals surface area contributed by atoms with Gasteiger partial charge in [0.05, 0.1) is 0 Å². The lowest BCUT2D eigenvalue weighted by Crippen LogP contribution is -2.04. The van der Waals surface area contributed by atoms with E-state index in [1.54, 1.807) is 0 Å². The third-order valence-electron chi connectivity index (χ3n) is 3.13. The van der Waals surface area contributed by atoms with Gasteiger partial charge in [-0.3, -0.25) is 0 Å². The minimum Gasteiger partial charge on any atom is -0.0651 e. The van der Waals surface area contributed by atoms with Gasteiger partial charge in [-0.15, -0.1) is 0 Å². The summed E-state index contributed by atoms with van der Waals surface area (Å²) in [4.78, 5) is 0. The van der Waals surface area contributed by atoms with Crippen LogP contribution in [0, 0.1) is 17.8 Å². The van der Waals surface area contributed by atoms with Gasteiger partial charge in [0, 0.05) is 0 Å². The van der Waals surface area contributed by atoms with Gasteiger partial charge in [0.25, 0.3) is 0 Å². The highest BCUT2D eigenvalue weighted by molar-refractivity contribution is 4.79. The predicted octanol–water partition coefficient (Wildman–Crippen LogP) is 3.47. The van der Waals surface area contributed by atoms with Crippen molar-refractivity contribution in [3.63, 3.8) is 0 Å². The quantitative estimate of drug-likeness (QED) is 0.551. The highest BCUT2D eigenvalue weighted by atomic mass is 14.3. The molecule has 1 rings (SSSR count). The molecule has 0 N–H and O–H groups in total. The van der Waals surface area contributed by atoms with Crippen molar-refractivity contribution in [2.45, 2.75) is 46.5 Å². The first-order chi connectivity index (χ1) is 4.77. The van der Waals surface area contributed by atoms with Crippen molar-refractivity contribution in [3.05, 3.63) is 0 Å². The predicted molar refractivity (Wildman–Crippen MR) is 46.0 cm³/mol. The van der Waals surface area contributed by atoms with Gasteiger partial charge in [0.1, 0.15) is 0 Å². The summed E-state index contributed by atoms with van der Waals surface area (Å²) in [5.74, 6) is 3.12. The van der Waals surface area contributed by atoms with Crippen LogP contribution in [0.2, 0.25) is 0 Å². The molecule has 0 heteroatoms. The van der Waals surface area contributed by atoms with Crippen molar-refractivity contribution in [3.8, 4) is 0 Å². The summed E-state index contributed by atoms with van der Waals surface area (Å²) < 4.78 is 0. The molecule has 0 amide bonds. The van der Waals surface area contributed by atoms with Crippen LogP contribution >= 0.6 is 0 Å². The zero-order valence-electron chi connectivity index (χ0n) is 7.56. The lowest BCUT2D eigenvalue weighted by Gasteiger charge is -2.14. The Morgan fingerprint density at radius 2 is 1.40 bits per heavy atom. The molecule has 1 aliphatic carbocycles. The molecule has 0 spiro atoms. The number of rotatable bonds is 2. The Morgan fingerprint density at radius 1 is 1.00 bits per heavy atom. The van der Waals surface area contributed by atoms with E-state index in [2.05, 4.69) is 20.8 Å². The van der Waals surface area contributed by atoms with Crippen LogP contribution in [0.3, 0.4) is 0 Å². The maximum Gasteiger partial charge on any atom is -0.0386 e. The van der Waals surface area contributed by atoms with Crippen LogP contribution in [0.4, 0.5) is 0 Å². The summed E-state index contributed by atoms with van der Waals surface area (Å²) in [6.45, 7) is 7.08. The average Bonchev–Trinajstić information content (AvgIpc) is 2.30. The second kappa shape index (κ2) is 3.41. The molecule has 0 heterocycles. The van der Waals surface area contributed by atoms with Crippen LogP contribution in [-0.4, -0.2) is 0 Å². The van der Waals surface area contributed by atoms with E-state index in [1.807, 2.05) is 0 Å². The van der Waals surface area contributed by atoms with Crippen molar-refractivity contribution in [2.75, 3.05) is 0 Å². The Hall–Kier alpha value is 0. The molecular weight excluding hydrogens is 120 g/mol. The molecule has 0 nitrogen and oxygen atoms in total. The summed E-state index contributed by atoms with van der Waals surface area (Å²) in [7, 11) is 0. The van der Waals surface area contributed by atoms with Crippen molar-refractivity contribution < 1.29 is 0 Å². The van der Waals surface area contributed by atoms with E-state index in [4.69, 9.17) is 0 Å². The molecule has 0 aromatic heterocycles. The second-order valence-corrected chi connectivity index (χ2v) is 3.91. The van der Waals surface area contributed by atoms with E-state index in [-0.39, 0.29) is 0 Å². The van der Waals surface area contributed by atoms with Crippen molar-refractivity contribution in [1.82, 2.24) is 0 Å². The molecule has 1 saturated carbocycles. The fourth-order valence-corrected chi connectivity index (χ4v) is 2.51. The summed E-state index contributed by atoms with van der Waals surface area (Å²) in [6.07, 6.45) is 5.80. The molecule has 60 valence electrons. The fraction of sp³-hybridized carbons (Fsp3) is 1.00. The second-order valence-electron chi connectivity index (χ2n) is 3.91. The molecule has 0 aromatic rings. The molecule has 0 aliphatic heterocycles. The average molecular weight is 140 g/mol. The lowest BCUT2D eigenvalue weighted by atomic mass is 9.92. The van der Waals surface area contributed by atoms with Crippen LogP contribution in [0.5, 0.6) is 0 Å². The summed E-state index contributed by atoms with van der Waals surface area (Å²) in [6, 6.07) is 0. The fourth-order valence-electron chi connectivity index (χ4n) is 2.51. The molecule has 10 heavy (non-hydrogen) atoms. The van der Waals surface area contributed by atoms with Gasteiger partial charge in [-0.05, 0) is 30.6 Å². The summed E-state index contributed by atoms with van der Waals surface area (Å²) in [5.41, 5.74) is 0. The standard InChI is InChI=1S/C10H20/c1-4-9-6-8(3)7-10(9)5-2/h8-10H,4-7H2,1-3H3/t8?,9-,10+. The molecule has 3 atom stereocenters. The molecule has 1 fully saturated rings. The minimum absolute atomic E-state index is 1.01. The Balaban J connectivity index is 2.41. The zero-order valence-corrected chi connectivity index (χ0v) is 7.56. The largest absolute Gasteiger partial charge is 0.0651 e. The number of hydrogen-bond acceptors (Lipinski definition) is 0. The minimum atomic E-state index is 1.01. The molecule has 1 aliphatic rings. The van der Waals surface area contributed by atoms with E-state index in [0.717, 1.165) is 17.8 Å². The smallest absolute Gasteiger partial charge is 0.0386 e. The van der Waals surface area contributed by atoms with Gasteiger partial charge in [-0.25, -0.2) is 0 Å². The van der Waals surface area contributed by atoms with Crippen molar-refractivity contribution in [2.24, 2.45) is 17.8 Å². The Morgan fingerprint density at radius 3 is 1.70 bits per heavy atom. The van der Waals surface area contributed by atoms with Gasteiger partial charge in [-0.1, -0.05) is 33.6 Å². The molecular formula is C10H20. The molecule has 0 aromatic carbocycles. The maximum absolute atomic E-state index is 2.40. The van der Waals surface area contributed by atoms with Crippen molar-refractivity contribution >= 4 is 0 Å². The van der Waals surface area contributed by atoms with Crippen LogP contribution in [-0.2, 0) is 0 Å². The van der Waals surface area contributed by atoms with Gasteiger partial charge in [-0.2, -0.15) is 0 Å². The van der Waals surface area contributed by atoms with Gasteiger partial charge >= 0.3 is 0 Å². The van der Waals surface area contributed by atoms with Crippen molar-refractivity contribution in [1.29, 1.82) is 0 Å². The Kier molecular flexibility index (Phi) is 2.76. The maximum atomic E-state index is 2.40. The lowest BCUT2D eigenvalue weighted by molar-refractivity contribution is 0.367. The van der Waals surface area contributed by atoms with Gasteiger partial charge in [0.2, 0.25) is 0 Å². The molecule has 0 saturated heterocycles. The summed E-state index contributed by atoms with van der Waals surface area (Å²) in [5, 5.41) is 0. The Bertz CT molecular complexity index is 84.2. The van der Waals surface area contributed by atoms with E-state index in [0.29, 0.717) is 0 Å². The SMILES string of the molecule is CC[C@@H]1CC(C)C[C@@H]1CC. The van der Waals surface area contributed by atoms with Crippen LogP contribution < -0.4 is 0 Å². The van der Waals surface area contributed by atoms with Gasteiger partial charge < -0.3 is 0 Å². The van der Waals surface area contributed by atoms with Gasteiger partial charge in [0.15, 0.2) is 0 Å². The molecule has 1 unspecified atom stereocenters. The first kappa shape index (κ1) is 8.10. The highest BCUT2D eigenvalue weighted by Gasteiger charge is 2.28. The highest BCUT2D eigenvalue weighted by Crippen LogP contribution is 2.39. The van der Waals surface area contributed by atoms with E-state index in [1.165, 1.54) is 25.7 Å². The van der Waals surface area contributed by atoms with Crippen LogP contribution in [0.1, 0.15) is 46.5 Å². The first-order valence-electron chi connectivity index (χ1n) is 4.77. The van der Waals surface area contributed by atoms with E-state index in [9.17, 15) is 0 Å². The first-order valence-corrected chi connectivity index (χ1v) is 4.77. The van der Waals surface area contributed by atoms with Crippen LogP contribution in [0.25, 0.3) is 0 Å². The summed E-state index contributed by atoms with van der Waals surface area (Å²) >= 11 is 0. The molecule has 0 radical (unpaired) electrons. The topological polar surface area (TPSA) is 0 Å². The Labute approximate surface area is 65.0 Å². The van der Waals surface area contributed by atoms with Crippen LogP contribution in [0.15, 0.2) is 0 Å². The van der Waals surface area contributed by atoms with E-state index >= 15 is 0 Å². The third kappa shape index (κ3) is 1.53. The zero-order chi connectivity index (χ0) is 7.56. The number of hydrogen-bond donors (Lipinski definition) is 0. The molecule has 0 bridgehead atoms. The monoisotopic (exact) mass is 140 g/mol. The third-order valence-corrected chi connectivity index (χ3v) is 3.13. The van der Waals surface area contributed by atoms with E-state index < -0.39 is 0 Å². The normalized spacial score (nSPS) is 40.5.